The summed E-state index contributed by atoms with van der Waals surface area (Å²) in [6.45, 7) is 2.25. The maximum atomic E-state index is 12.0. The van der Waals surface area contributed by atoms with Gasteiger partial charge in [-0.3, -0.25) is 9.59 Å². The Kier molecular flexibility index (Phi) is 4.50. The first-order valence-electron chi connectivity index (χ1n) is 5.59. The number of hydrogen-bond donors (Lipinski definition) is 1. The predicted octanol–water partition coefficient (Wildman–Crippen LogP) is -0.842. The molecule has 1 fully saturated rings. The number of carbonyl (C=O) groups is 2. The quantitative estimate of drug-likeness (QED) is 0.716. The van der Waals surface area contributed by atoms with Crippen LogP contribution in [0, 0.1) is 0 Å². The van der Waals surface area contributed by atoms with Crippen molar-refractivity contribution in [1.29, 1.82) is 0 Å². The zero-order valence-corrected chi connectivity index (χ0v) is 10.9. The van der Waals surface area contributed by atoms with Gasteiger partial charge in [0.15, 0.2) is 0 Å². The minimum Gasteiger partial charge on any atom is -0.344 e. The molecular formula is C10H18N2O4S. The Morgan fingerprint density at radius 2 is 2.06 bits per heavy atom. The molecule has 1 aliphatic rings. The van der Waals surface area contributed by atoms with Gasteiger partial charge in [-0.25, -0.2) is 8.42 Å². The van der Waals surface area contributed by atoms with Crippen LogP contribution in [0.25, 0.3) is 0 Å². The third-order valence-corrected chi connectivity index (χ3v) is 3.62. The van der Waals surface area contributed by atoms with Crippen LogP contribution >= 0.6 is 0 Å². The zero-order chi connectivity index (χ0) is 13.1. The normalized spacial score (nSPS) is 22.2. The molecule has 1 rings (SSSR count). The summed E-state index contributed by atoms with van der Waals surface area (Å²) in [6.07, 6.45) is 1.88. The van der Waals surface area contributed by atoms with Crippen molar-refractivity contribution in [3.8, 4) is 0 Å². The number of sulfone groups is 1. The summed E-state index contributed by atoms with van der Waals surface area (Å²) in [4.78, 5) is 24.7. The Morgan fingerprint density at radius 1 is 1.41 bits per heavy atom. The standard InChI is InChI=1S/C10H18N2O4S/c1-3-8-10(14)12(5-4-9(13)11-8)6-7-17(2,15)16/h8H,3-7H2,1-2H3,(H,11,13). The molecule has 1 unspecified atom stereocenters. The average Bonchev–Trinajstić information content (AvgIpc) is 2.35. The van der Waals surface area contributed by atoms with Gasteiger partial charge in [-0.05, 0) is 6.42 Å². The maximum absolute atomic E-state index is 12.0. The van der Waals surface area contributed by atoms with Crippen LogP contribution in [0.1, 0.15) is 19.8 Å². The molecule has 0 spiro atoms. The molecule has 1 aliphatic heterocycles. The Hall–Kier alpha value is -1.11. The van der Waals surface area contributed by atoms with Crippen molar-refractivity contribution in [2.45, 2.75) is 25.8 Å². The fourth-order valence-electron chi connectivity index (χ4n) is 1.67. The van der Waals surface area contributed by atoms with E-state index in [1.54, 1.807) is 0 Å². The van der Waals surface area contributed by atoms with Crippen molar-refractivity contribution in [2.24, 2.45) is 0 Å². The molecule has 0 radical (unpaired) electrons. The van der Waals surface area contributed by atoms with Gasteiger partial charge >= 0.3 is 0 Å². The topological polar surface area (TPSA) is 83.6 Å². The van der Waals surface area contributed by atoms with E-state index in [9.17, 15) is 18.0 Å². The highest BCUT2D eigenvalue weighted by Gasteiger charge is 2.28. The van der Waals surface area contributed by atoms with Gasteiger partial charge in [-0.1, -0.05) is 6.92 Å². The first-order chi connectivity index (χ1) is 7.83. The third-order valence-electron chi connectivity index (χ3n) is 2.69. The lowest BCUT2D eigenvalue weighted by atomic mass is 10.2. The fourth-order valence-corrected chi connectivity index (χ4v) is 2.22. The van der Waals surface area contributed by atoms with Crippen molar-refractivity contribution in [3.63, 3.8) is 0 Å². The second-order valence-electron chi connectivity index (χ2n) is 4.23. The average molecular weight is 262 g/mol. The zero-order valence-electron chi connectivity index (χ0n) is 10.1. The molecule has 0 aromatic rings. The second kappa shape index (κ2) is 5.48. The van der Waals surface area contributed by atoms with Crippen LogP contribution < -0.4 is 5.32 Å². The number of nitrogens with zero attached hydrogens (tertiary/aromatic N) is 1. The summed E-state index contributed by atoms with van der Waals surface area (Å²) in [5.74, 6) is -0.419. The molecule has 1 heterocycles. The molecule has 0 aromatic carbocycles. The van der Waals surface area contributed by atoms with Gasteiger partial charge in [-0.15, -0.1) is 0 Å². The molecule has 1 N–H and O–H groups in total. The molecular weight excluding hydrogens is 244 g/mol. The van der Waals surface area contributed by atoms with E-state index in [2.05, 4.69) is 5.32 Å². The Labute approximate surface area is 101 Å². The fraction of sp³-hybridized carbons (Fsp3) is 0.800. The first kappa shape index (κ1) is 14.0. The smallest absolute Gasteiger partial charge is 0.245 e. The Bertz CT molecular complexity index is 405. The maximum Gasteiger partial charge on any atom is 0.245 e. The van der Waals surface area contributed by atoms with E-state index in [1.807, 2.05) is 6.92 Å². The van der Waals surface area contributed by atoms with Gasteiger partial charge in [0.05, 0.1) is 5.75 Å². The minimum atomic E-state index is -3.10. The number of amides is 2. The van der Waals surface area contributed by atoms with Gasteiger partial charge in [0.2, 0.25) is 11.8 Å². The summed E-state index contributed by atoms with van der Waals surface area (Å²) in [5, 5.41) is 2.63. The van der Waals surface area contributed by atoms with Crippen molar-refractivity contribution < 1.29 is 18.0 Å². The van der Waals surface area contributed by atoms with Crippen LogP contribution in [0.3, 0.4) is 0 Å². The molecule has 7 heteroatoms. The molecule has 0 saturated carbocycles. The van der Waals surface area contributed by atoms with Crippen molar-refractivity contribution >= 4 is 21.7 Å². The van der Waals surface area contributed by atoms with E-state index in [4.69, 9.17) is 0 Å². The van der Waals surface area contributed by atoms with E-state index in [0.29, 0.717) is 6.42 Å². The second-order valence-corrected chi connectivity index (χ2v) is 6.49. The summed E-state index contributed by atoms with van der Waals surface area (Å²) in [6, 6.07) is -0.524. The highest BCUT2D eigenvalue weighted by Crippen LogP contribution is 2.06. The van der Waals surface area contributed by atoms with E-state index in [-0.39, 0.29) is 37.1 Å². The summed E-state index contributed by atoms with van der Waals surface area (Å²) >= 11 is 0. The molecule has 6 nitrogen and oxygen atoms in total. The SMILES string of the molecule is CCC1NC(=O)CCN(CCS(C)(=O)=O)C1=O. The number of hydrogen-bond acceptors (Lipinski definition) is 4. The minimum absolute atomic E-state index is 0.0661. The predicted molar refractivity (Wildman–Crippen MR) is 63.1 cm³/mol. The van der Waals surface area contributed by atoms with E-state index >= 15 is 0 Å². The van der Waals surface area contributed by atoms with Gasteiger partial charge in [0, 0.05) is 25.8 Å². The number of nitrogens with one attached hydrogen (secondary N) is 1. The molecule has 2 amide bonds. The molecule has 0 aliphatic carbocycles. The van der Waals surface area contributed by atoms with Crippen LogP contribution in [-0.2, 0) is 19.4 Å². The molecule has 1 saturated heterocycles. The van der Waals surface area contributed by atoms with Gasteiger partial charge in [0.25, 0.3) is 0 Å². The summed E-state index contributed by atoms with van der Waals surface area (Å²) in [5.41, 5.74) is 0. The van der Waals surface area contributed by atoms with Crippen molar-refractivity contribution in [1.82, 2.24) is 10.2 Å². The summed E-state index contributed by atoms with van der Waals surface area (Å²) < 4.78 is 22.1. The van der Waals surface area contributed by atoms with Crippen LogP contribution in [0.5, 0.6) is 0 Å². The lowest BCUT2D eigenvalue weighted by Crippen LogP contribution is -2.45. The number of carbonyl (C=O) groups excluding carboxylic acids is 2. The Balaban J connectivity index is 2.70. The lowest BCUT2D eigenvalue weighted by Gasteiger charge is -2.22. The molecule has 17 heavy (non-hydrogen) atoms. The monoisotopic (exact) mass is 262 g/mol. The van der Waals surface area contributed by atoms with Crippen LogP contribution in [0.2, 0.25) is 0 Å². The highest BCUT2D eigenvalue weighted by atomic mass is 32.2. The van der Waals surface area contributed by atoms with Crippen molar-refractivity contribution in [2.75, 3.05) is 25.1 Å². The first-order valence-corrected chi connectivity index (χ1v) is 7.65. The van der Waals surface area contributed by atoms with E-state index in [1.165, 1.54) is 4.90 Å². The number of rotatable bonds is 4. The van der Waals surface area contributed by atoms with Crippen LogP contribution in [0.4, 0.5) is 0 Å². The van der Waals surface area contributed by atoms with Crippen LogP contribution in [-0.4, -0.2) is 56.3 Å². The molecule has 0 bridgehead atoms. The molecule has 1 atom stereocenters. The van der Waals surface area contributed by atoms with Crippen LogP contribution in [0.15, 0.2) is 0 Å². The third kappa shape index (κ3) is 4.33. The largest absolute Gasteiger partial charge is 0.344 e. The van der Waals surface area contributed by atoms with Gasteiger partial charge in [0.1, 0.15) is 15.9 Å². The highest BCUT2D eigenvalue weighted by molar-refractivity contribution is 7.90. The van der Waals surface area contributed by atoms with Gasteiger partial charge in [-0.2, -0.15) is 0 Å². The Morgan fingerprint density at radius 3 is 2.59 bits per heavy atom. The molecule has 98 valence electrons. The molecule has 0 aromatic heterocycles. The van der Waals surface area contributed by atoms with Gasteiger partial charge < -0.3 is 10.2 Å². The summed E-state index contributed by atoms with van der Waals surface area (Å²) in [7, 11) is -3.10. The lowest BCUT2D eigenvalue weighted by molar-refractivity contribution is -0.133. The van der Waals surface area contributed by atoms with E-state index in [0.717, 1.165) is 6.26 Å². The van der Waals surface area contributed by atoms with E-state index < -0.39 is 15.9 Å². The van der Waals surface area contributed by atoms with Crippen molar-refractivity contribution in [3.05, 3.63) is 0 Å².